The van der Waals surface area contributed by atoms with E-state index in [0.29, 0.717) is 17.4 Å². The lowest BCUT2D eigenvalue weighted by Crippen LogP contribution is -2.17. The Hall–Kier alpha value is -1.88. The summed E-state index contributed by atoms with van der Waals surface area (Å²) < 4.78 is 39.1. The molecule has 0 aliphatic heterocycles. The molecule has 0 aliphatic carbocycles. The monoisotopic (exact) mass is 380 g/mol. The number of nitrogens with one attached hydrogen (secondary N) is 1. The zero-order valence-corrected chi connectivity index (χ0v) is 14.1. The molecular formula is C12H12ClF3N6OS. The minimum atomic E-state index is -4.55. The number of halogens is 4. The average molecular weight is 381 g/mol. The number of thioether (sulfide) groups is 1. The summed E-state index contributed by atoms with van der Waals surface area (Å²) in [5.41, 5.74) is -0.990. The summed E-state index contributed by atoms with van der Waals surface area (Å²) in [5, 5.41) is 13.6. The van der Waals surface area contributed by atoms with E-state index in [2.05, 4.69) is 25.8 Å². The maximum atomic E-state index is 12.5. The lowest BCUT2D eigenvalue weighted by atomic mass is 10.3. The van der Waals surface area contributed by atoms with E-state index in [1.165, 1.54) is 0 Å². The van der Waals surface area contributed by atoms with Crippen LogP contribution in [0.15, 0.2) is 17.4 Å². The molecule has 0 fully saturated rings. The van der Waals surface area contributed by atoms with Crippen LogP contribution in [0.1, 0.15) is 25.5 Å². The van der Waals surface area contributed by atoms with Gasteiger partial charge < -0.3 is 5.32 Å². The van der Waals surface area contributed by atoms with Gasteiger partial charge in [0.1, 0.15) is 0 Å². The summed E-state index contributed by atoms with van der Waals surface area (Å²) >= 11 is 6.81. The molecule has 1 N–H and O–H groups in total. The van der Waals surface area contributed by atoms with Crippen molar-refractivity contribution < 1.29 is 18.0 Å². The van der Waals surface area contributed by atoms with E-state index in [4.69, 9.17) is 11.6 Å². The highest BCUT2D eigenvalue weighted by atomic mass is 35.5. The number of tetrazole rings is 1. The van der Waals surface area contributed by atoms with Crippen molar-refractivity contribution in [1.29, 1.82) is 0 Å². The Labute approximate surface area is 144 Å². The Kier molecular flexibility index (Phi) is 5.65. The summed E-state index contributed by atoms with van der Waals surface area (Å²) in [6.07, 6.45) is -3.95. The number of amides is 1. The molecule has 0 radical (unpaired) electrons. The first-order valence-corrected chi connectivity index (χ1v) is 7.98. The van der Waals surface area contributed by atoms with Crippen LogP contribution >= 0.6 is 23.4 Å². The highest BCUT2D eigenvalue weighted by Gasteiger charge is 2.31. The van der Waals surface area contributed by atoms with Gasteiger partial charge in [-0.25, -0.2) is 9.67 Å². The second-order valence-electron chi connectivity index (χ2n) is 4.89. The number of aromatic nitrogens is 5. The molecule has 0 unspecified atom stereocenters. The molecule has 24 heavy (non-hydrogen) atoms. The number of hydrogen-bond acceptors (Lipinski definition) is 6. The Morgan fingerprint density at radius 1 is 1.46 bits per heavy atom. The van der Waals surface area contributed by atoms with E-state index in [1.807, 2.05) is 13.8 Å². The Morgan fingerprint density at radius 2 is 2.17 bits per heavy atom. The fraction of sp³-hybridized carbons (Fsp3) is 0.417. The molecule has 0 aromatic carbocycles. The number of hydrogen-bond donors (Lipinski definition) is 1. The number of alkyl halides is 3. The van der Waals surface area contributed by atoms with Gasteiger partial charge in [0.05, 0.1) is 22.4 Å². The molecular weight excluding hydrogens is 369 g/mol. The Bertz CT molecular complexity index is 736. The van der Waals surface area contributed by atoms with Crippen LogP contribution in [0.25, 0.3) is 0 Å². The number of pyridine rings is 1. The predicted octanol–water partition coefficient (Wildman–Crippen LogP) is 3.05. The summed E-state index contributed by atoms with van der Waals surface area (Å²) in [4.78, 5) is 15.4. The van der Waals surface area contributed by atoms with Crippen molar-refractivity contribution in [2.45, 2.75) is 31.2 Å². The van der Waals surface area contributed by atoms with Gasteiger partial charge in [-0.1, -0.05) is 23.4 Å². The Balaban J connectivity index is 1.99. The molecule has 0 spiro atoms. The van der Waals surface area contributed by atoms with Crippen LogP contribution in [0.2, 0.25) is 5.02 Å². The lowest BCUT2D eigenvalue weighted by molar-refractivity contribution is -0.137. The minimum absolute atomic E-state index is 0.0246. The van der Waals surface area contributed by atoms with Crippen LogP contribution in [0.3, 0.4) is 0 Å². The molecule has 0 bridgehead atoms. The third-order valence-electron chi connectivity index (χ3n) is 2.71. The van der Waals surface area contributed by atoms with E-state index < -0.39 is 17.6 Å². The molecule has 1 amide bonds. The second-order valence-corrected chi connectivity index (χ2v) is 6.24. The van der Waals surface area contributed by atoms with E-state index in [-0.39, 0.29) is 22.6 Å². The Morgan fingerprint density at radius 3 is 2.75 bits per heavy atom. The van der Waals surface area contributed by atoms with Gasteiger partial charge >= 0.3 is 6.18 Å². The minimum Gasteiger partial charge on any atom is -0.309 e. The number of nitrogens with zero attached hydrogens (tertiary/aromatic N) is 5. The number of carbonyl (C=O) groups is 1. The van der Waals surface area contributed by atoms with E-state index >= 15 is 0 Å². The van der Waals surface area contributed by atoms with Gasteiger partial charge in [-0.3, -0.25) is 4.79 Å². The first kappa shape index (κ1) is 18.5. The van der Waals surface area contributed by atoms with Crippen molar-refractivity contribution in [3.05, 3.63) is 22.8 Å². The third-order valence-corrected chi connectivity index (χ3v) is 3.93. The van der Waals surface area contributed by atoms with Gasteiger partial charge in [0.25, 0.3) is 0 Å². The maximum absolute atomic E-state index is 12.5. The normalized spacial score (nSPS) is 11.8. The van der Waals surface area contributed by atoms with E-state index in [9.17, 15) is 18.0 Å². The summed E-state index contributed by atoms with van der Waals surface area (Å²) in [7, 11) is 0. The standard InChI is InChI=1S/C12H12ClF3N6OS/c1-6(2)22-11(19-20-21-22)24-5-9(23)18-10-8(13)3-7(4-17-10)12(14,15)16/h3-4,6H,5H2,1-2H3,(H,17,18,23). The van der Waals surface area contributed by atoms with Crippen molar-refractivity contribution in [3.63, 3.8) is 0 Å². The molecule has 2 aromatic rings. The topological polar surface area (TPSA) is 85.6 Å². The third kappa shape index (κ3) is 4.57. The maximum Gasteiger partial charge on any atom is 0.417 e. The summed E-state index contributed by atoms with van der Waals surface area (Å²) in [5.74, 6) is -0.683. The second kappa shape index (κ2) is 7.34. The quantitative estimate of drug-likeness (QED) is 0.802. The van der Waals surface area contributed by atoms with Gasteiger partial charge in [0.2, 0.25) is 11.1 Å². The van der Waals surface area contributed by atoms with Gasteiger partial charge in [0.15, 0.2) is 5.82 Å². The first-order chi connectivity index (χ1) is 11.2. The van der Waals surface area contributed by atoms with Crippen molar-refractivity contribution >= 4 is 35.1 Å². The molecule has 0 saturated carbocycles. The van der Waals surface area contributed by atoms with Crippen LogP contribution in [0.4, 0.5) is 19.0 Å². The smallest absolute Gasteiger partial charge is 0.309 e. The fourth-order valence-electron chi connectivity index (χ4n) is 1.59. The van der Waals surface area contributed by atoms with Crippen LogP contribution in [0.5, 0.6) is 0 Å². The molecule has 130 valence electrons. The predicted molar refractivity (Wildman–Crippen MR) is 81.8 cm³/mol. The number of carbonyl (C=O) groups excluding carboxylic acids is 1. The summed E-state index contributed by atoms with van der Waals surface area (Å²) in [6, 6.07) is 0.730. The first-order valence-electron chi connectivity index (χ1n) is 6.61. The van der Waals surface area contributed by atoms with Crippen LogP contribution in [-0.4, -0.2) is 36.9 Å². The molecule has 2 aromatic heterocycles. The molecule has 0 aliphatic rings. The van der Waals surface area contributed by atoms with Crippen LogP contribution < -0.4 is 5.32 Å². The van der Waals surface area contributed by atoms with Gasteiger partial charge in [-0.2, -0.15) is 13.2 Å². The van der Waals surface area contributed by atoms with Crippen molar-refractivity contribution in [2.75, 3.05) is 11.1 Å². The van der Waals surface area contributed by atoms with Crippen molar-refractivity contribution in [2.24, 2.45) is 0 Å². The van der Waals surface area contributed by atoms with Gasteiger partial charge in [-0.05, 0) is 30.3 Å². The van der Waals surface area contributed by atoms with E-state index in [1.54, 1.807) is 4.68 Å². The van der Waals surface area contributed by atoms with Gasteiger partial charge in [0, 0.05) is 6.20 Å². The van der Waals surface area contributed by atoms with E-state index in [0.717, 1.165) is 11.8 Å². The van der Waals surface area contributed by atoms with Crippen molar-refractivity contribution in [3.8, 4) is 0 Å². The lowest BCUT2D eigenvalue weighted by Gasteiger charge is -2.10. The summed E-state index contributed by atoms with van der Waals surface area (Å²) in [6.45, 7) is 3.76. The molecule has 0 saturated heterocycles. The SMILES string of the molecule is CC(C)n1nnnc1SCC(=O)Nc1ncc(C(F)(F)F)cc1Cl. The molecule has 12 heteroatoms. The van der Waals surface area contributed by atoms with Crippen LogP contribution in [-0.2, 0) is 11.0 Å². The number of rotatable bonds is 5. The van der Waals surface area contributed by atoms with Crippen LogP contribution in [0, 0.1) is 0 Å². The number of anilines is 1. The highest BCUT2D eigenvalue weighted by molar-refractivity contribution is 7.99. The average Bonchev–Trinajstić information content (AvgIpc) is 2.95. The fourth-order valence-corrected chi connectivity index (χ4v) is 2.61. The zero-order valence-electron chi connectivity index (χ0n) is 12.5. The molecule has 0 atom stereocenters. The van der Waals surface area contributed by atoms with Crippen molar-refractivity contribution in [1.82, 2.24) is 25.2 Å². The van der Waals surface area contributed by atoms with Gasteiger partial charge in [-0.15, -0.1) is 5.10 Å². The largest absolute Gasteiger partial charge is 0.417 e. The highest BCUT2D eigenvalue weighted by Crippen LogP contribution is 2.32. The molecule has 2 rings (SSSR count). The molecule has 7 nitrogen and oxygen atoms in total. The zero-order chi connectivity index (χ0) is 17.9. The molecule has 2 heterocycles.